The maximum Gasteiger partial charge on any atom is 0.146 e. The van der Waals surface area contributed by atoms with E-state index in [0.29, 0.717) is 10.9 Å². The van der Waals surface area contributed by atoms with Crippen molar-refractivity contribution in [2.45, 2.75) is 84.5 Å². The number of benzene rings is 3. The van der Waals surface area contributed by atoms with Crippen molar-refractivity contribution in [1.29, 1.82) is 0 Å². The van der Waals surface area contributed by atoms with Gasteiger partial charge in [0.15, 0.2) is 0 Å². The summed E-state index contributed by atoms with van der Waals surface area (Å²) >= 11 is 0. The average molecular weight is 455 g/mol. The summed E-state index contributed by atoms with van der Waals surface area (Å²) in [6.45, 7) is 4.47. The predicted octanol–water partition coefficient (Wildman–Crippen LogP) is 9.26. The maximum absolute atomic E-state index is 15.2. The number of unbranched alkanes of at least 4 members (excludes halogenated alkanes) is 1. The van der Waals surface area contributed by atoms with Crippen LogP contribution in [0, 0.1) is 29.5 Å². The molecule has 1 aliphatic carbocycles. The molecule has 0 unspecified atom stereocenters. The first-order valence-corrected chi connectivity index (χ1v) is 13.5. The van der Waals surface area contributed by atoms with Crippen LogP contribution in [0.5, 0.6) is 0 Å². The van der Waals surface area contributed by atoms with Crippen LogP contribution in [-0.4, -0.2) is 0 Å². The fraction of sp³-hybridized carbons (Fsp3) is 0.455. The van der Waals surface area contributed by atoms with Crippen LogP contribution in [0.15, 0.2) is 54.6 Å². The molecule has 3 aromatic rings. The summed E-state index contributed by atoms with van der Waals surface area (Å²) < 4.78 is 15.2. The molecule has 0 N–H and O–H groups in total. The van der Waals surface area contributed by atoms with Crippen molar-refractivity contribution in [1.82, 2.24) is 0 Å². The van der Waals surface area contributed by atoms with E-state index in [4.69, 9.17) is 0 Å². The van der Waals surface area contributed by atoms with Crippen molar-refractivity contribution >= 4 is 10.8 Å². The van der Waals surface area contributed by atoms with Crippen LogP contribution in [0.3, 0.4) is 0 Å². The standard InChI is InChI=1S/C33H39F/c1-3-5-7-26-10-14-27(15-11-26)16-17-29-19-23-32-31(24-29)22-21-30(33(32)34)20-18-28-12-8-25(6-4-2)9-13-28/h8-9,12-13,19,21-24,26-27H,3-7,10-11,14-17H2,1-2H3. The normalized spacial score (nSPS) is 18.0. The molecule has 1 aliphatic rings. The minimum atomic E-state index is -0.204. The van der Waals surface area contributed by atoms with Gasteiger partial charge >= 0.3 is 0 Å². The second kappa shape index (κ2) is 12.2. The number of hydrogen-bond donors (Lipinski definition) is 0. The third-order valence-electron chi connectivity index (χ3n) is 7.63. The summed E-state index contributed by atoms with van der Waals surface area (Å²) in [6, 6.07) is 18.4. The molecule has 3 aromatic carbocycles. The van der Waals surface area contributed by atoms with Gasteiger partial charge in [-0.25, -0.2) is 4.39 Å². The SMILES string of the molecule is CCCCC1CCC(CCc2ccc3c(F)c(C#Cc4ccc(CCC)cc4)ccc3c2)CC1. The van der Waals surface area contributed by atoms with Gasteiger partial charge in [0.05, 0.1) is 5.56 Å². The number of fused-ring (bicyclic) bond motifs is 1. The van der Waals surface area contributed by atoms with E-state index in [9.17, 15) is 0 Å². The van der Waals surface area contributed by atoms with Gasteiger partial charge in [-0.2, -0.15) is 0 Å². The van der Waals surface area contributed by atoms with E-state index in [0.717, 1.165) is 42.0 Å². The Balaban J connectivity index is 1.37. The Bertz CT molecular complexity index is 1120. The van der Waals surface area contributed by atoms with Crippen LogP contribution in [0.2, 0.25) is 0 Å². The molecule has 1 heteroatoms. The van der Waals surface area contributed by atoms with Gasteiger partial charge < -0.3 is 0 Å². The monoisotopic (exact) mass is 454 g/mol. The predicted molar refractivity (Wildman–Crippen MR) is 144 cm³/mol. The molecule has 34 heavy (non-hydrogen) atoms. The minimum Gasteiger partial charge on any atom is -0.205 e. The van der Waals surface area contributed by atoms with Crippen molar-refractivity contribution in [3.63, 3.8) is 0 Å². The Morgan fingerprint density at radius 2 is 1.44 bits per heavy atom. The Kier molecular flexibility index (Phi) is 8.81. The van der Waals surface area contributed by atoms with Crippen LogP contribution in [0.1, 0.15) is 93.9 Å². The lowest BCUT2D eigenvalue weighted by Crippen LogP contribution is -2.15. The number of aryl methyl sites for hydroxylation is 2. The molecule has 1 saturated carbocycles. The molecule has 0 heterocycles. The van der Waals surface area contributed by atoms with Gasteiger partial charge in [-0.3, -0.25) is 0 Å². The van der Waals surface area contributed by atoms with E-state index < -0.39 is 0 Å². The zero-order valence-corrected chi connectivity index (χ0v) is 21.0. The van der Waals surface area contributed by atoms with Crippen molar-refractivity contribution < 1.29 is 4.39 Å². The van der Waals surface area contributed by atoms with Crippen LogP contribution >= 0.6 is 0 Å². The number of hydrogen-bond acceptors (Lipinski definition) is 0. The second-order valence-corrected chi connectivity index (χ2v) is 10.2. The van der Waals surface area contributed by atoms with Crippen LogP contribution in [-0.2, 0) is 12.8 Å². The lowest BCUT2D eigenvalue weighted by molar-refractivity contribution is 0.250. The highest BCUT2D eigenvalue weighted by atomic mass is 19.1. The molecule has 0 atom stereocenters. The van der Waals surface area contributed by atoms with Gasteiger partial charge in [-0.05, 0) is 65.8 Å². The van der Waals surface area contributed by atoms with Crippen molar-refractivity contribution in [2.24, 2.45) is 11.8 Å². The molecule has 1 fully saturated rings. The highest BCUT2D eigenvalue weighted by Crippen LogP contribution is 2.34. The largest absolute Gasteiger partial charge is 0.205 e. The molecular formula is C33H39F. The zero-order chi connectivity index (χ0) is 23.8. The van der Waals surface area contributed by atoms with E-state index in [1.807, 2.05) is 30.3 Å². The summed E-state index contributed by atoms with van der Waals surface area (Å²) in [4.78, 5) is 0. The summed E-state index contributed by atoms with van der Waals surface area (Å²) in [5, 5.41) is 1.65. The van der Waals surface area contributed by atoms with E-state index >= 15 is 4.39 Å². The lowest BCUT2D eigenvalue weighted by atomic mass is 9.78. The van der Waals surface area contributed by atoms with Crippen molar-refractivity contribution in [3.05, 3.63) is 82.7 Å². The first kappa shape index (κ1) is 24.5. The molecule has 0 amide bonds. The van der Waals surface area contributed by atoms with Gasteiger partial charge in [0.2, 0.25) is 0 Å². The Labute approximate surface area is 206 Å². The summed E-state index contributed by atoms with van der Waals surface area (Å²) in [5.41, 5.74) is 4.04. The highest BCUT2D eigenvalue weighted by Gasteiger charge is 2.20. The molecule has 0 spiro atoms. The van der Waals surface area contributed by atoms with Gasteiger partial charge in [-0.1, -0.05) is 113 Å². The molecule has 0 saturated heterocycles. The summed E-state index contributed by atoms with van der Waals surface area (Å²) in [6.07, 6.45) is 14.3. The molecular weight excluding hydrogens is 415 g/mol. The number of halogens is 1. The molecule has 0 bridgehead atoms. The Morgan fingerprint density at radius 1 is 0.735 bits per heavy atom. The quantitative estimate of drug-likeness (QED) is 0.297. The smallest absolute Gasteiger partial charge is 0.146 e. The van der Waals surface area contributed by atoms with Gasteiger partial charge in [0.25, 0.3) is 0 Å². The lowest BCUT2D eigenvalue weighted by Gasteiger charge is -2.28. The van der Waals surface area contributed by atoms with Crippen LogP contribution in [0.4, 0.5) is 4.39 Å². The third-order valence-corrected chi connectivity index (χ3v) is 7.63. The van der Waals surface area contributed by atoms with Crippen LogP contribution in [0.25, 0.3) is 10.8 Å². The fourth-order valence-corrected chi connectivity index (χ4v) is 5.45. The minimum absolute atomic E-state index is 0.204. The Morgan fingerprint density at radius 3 is 2.15 bits per heavy atom. The van der Waals surface area contributed by atoms with Gasteiger partial charge in [0, 0.05) is 10.9 Å². The molecule has 0 aromatic heterocycles. The van der Waals surface area contributed by atoms with Gasteiger partial charge in [0.1, 0.15) is 5.82 Å². The van der Waals surface area contributed by atoms with E-state index in [-0.39, 0.29) is 5.82 Å². The second-order valence-electron chi connectivity index (χ2n) is 10.2. The van der Waals surface area contributed by atoms with Crippen molar-refractivity contribution in [2.75, 3.05) is 0 Å². The fourth-order valence-electron chi connectivity index (χ4n) is 5.45. The zero-order valence-electron chi connectivity index (χ0n) is 21.0. The van der Waals surface area contributed by atoms with E-state index in [1.165, 1.54) is 62.5 Å². The van der Waals surface area contributed by atoms with Gasteiger partial charge in [-0.15, -0.1) is 0 Å². The van der Waals surface area contributed by atoms with E-state index in [1.54, 1.807) is 0 Å². The summed E-state index contributed by atoms with van der Waals surface area (Å²) in [7, 11) is 0. The highest BCUT2D eigenvalue weighted by molar-refractivity contribution is 5.85. The van der Waals surface area contributed by atoms with E-state index in [2.05, 4.69) is 50.0 Å². The molecule has 0 nitrogen and oxygen atoms in total. The molecule has 4 rings (SSSR count). The molecule has 178 valence electrons. The summed E-state index contributed by atoms with van der Waals surface area (Å²) in [5.74, 6) is 7.80. The molecule has 0 radical (unpaired) electrons. The Hall–Kier alpha value is -2.59. The maximum atomic E-state index is 15.2. The molecule has 0 aliphatic heterocycles. The number of rotatable bonds is 8. The first-order valence-electron chi connectivity index (χ1n) is 13.5. The third kappa shape index (κ3) is 6.50. The van der Waals surface area contributed by atoms with Crippen LogP contribution < -0.4 is 0 Å². The topological polar surface area (TPSA) is 0 Å². The first-order chi connectivity index (χ1) is 16.7. The van der Waals surface area contributed by atoms with Crippen molar-refractivity contribution in [3.8, 4) is 11.8 Å². The average Bonchev–Trinajstić information content (AvgIpc) is 2.87.